The van der Waals surface area contributed by atoms with Crippen molar-refractivity contribution in [3.63, 3.8) is 0 Å². The van der Waals surface area contributed by atoms with E-state index in [2.05, 4.69) is 4.74 Å². The normalized spacial score (nSPS) is 19.4. The Bertz CT molecular complexity index is 1840. The standard InChI is InChI=1S/C33H29F9N2O6S/c34-23-8-10-24(11-9-23)51(48,49)30(14-17-44(19-30)29(47)43-15-12-20(13-16-43)28(45)46)21-4-6-22(7-5-21)31(32(37,38)39,33(40,41)42)50-18-25-26(35)2-1-3-27(25)36/h1-11,20H,12-19H2,(H,45,46). The monoisotopic (exact) mass is 752 g/mol. The number of ether oxygens (including phenoxy) is 1. The van der Waals surface area contributed by atoms with E-state index in [1.807, 2.05) is 0 Å². The van der Waals surface area contributed by atoms with E-state index < -0.39 is 97.1 Å². The van der Waals surface area contributed by atoms with Crippen molar-refractivity contribution in [1.29, 1.82) is 0 Å². The molecule has 2 heterocycles. The van der Waals surface area contributed by atoms with Crippen LogP contribution in [-0.2, 0) is 36.3 Å². The van der Waals surface area contributed by atoms with E-state index in [1.165, 1.54) is 4.90 Å². The minimum atomic E-state index is -6.25. The molecule has 276 valence electrons. The van der Waals surface area contributed by atoms with Crippen LogP contribution in [0.25, 0.3) is 0 Å². The lowest BCUT2D eigenvalue weighted by Gasteiger charge is -2.38. The Labute approximate surface area is 285 Å². The molecule has 3 aromatic rings. The summed E-state index contributed by atoms with van der Waals surface area (Å²) in [5.41, 5.74) is -8.21. The number of carbonyl (C=O) groups excluding carboxylic acids is 1. The zero-order valence-electron chi connectivity index (χ0n) is 26.3. The van der Waals surface area contributed by atoms with Crippen LogP contribution in [0, 0.1) is 23.4 Å². The van der Waals surface area contributed by atoms with Gasteiger partial charge in [0.05, 0.1) is 17.4 Å². The van der Waals surface area contributed by atoms with Crippen LogP contribution in [0.4, 0.5) is 44.3 Å². The first-order chi connectivity index (χ1) is 23.7. The maximum absolute atomic E-state index is 14.5. The number of amides is 2. The Morgan fingerprint density at radius 2 is 1.35 bits per heavy atom. The third-order valence-corrected chi connectivity index (χ3v) is 11.9. The van der Waals surface area contributed by atoms with Crippen molar-refractivity contribution in [2.24, 2.45) is 5.92 Å². The van der Waals surface area contributed by atoms with Gasteiger partial charge in [0.1, 0.15) is 22.2 Å². The lowest BCUT2D eigenvalue weighted by molar-refractivity contribution is -0.392. The first-order valence-corrected chi connectivity index (χ1v) is 16.8. The number of nitrogens with zero attached hydrogens (tertiary/aromatic N) is 2. The summed E-state index contributed by atoms with van der Waals surface area (Å²) < 4.78 is 160. The second kappa shape index (κ2) is 13.7. The van der Waals surface area contributed by atoms with Crippen LogP contribution in [-0.4, -0.2) is 73.9 Å². The van der Waals surface area contributed by atoms with Crippen LogP contribution in [0.15, 0.2) is 71.6 Å². The number of likely N-dealkylation sites (tertiary alicyclic amines) is 2. The summed E-state index contributed by atoms with van der Waals surface area (Å²) in [6.45, 7) is -2.56. The Hall–Kier alpha value is -4.32. The quantitative estimate of drug-likeness (QED) is 0.198. The SMILES string of the molecule is O=C(O)C1CCN(C(=O)N2CCC(c3ccc(C(OCc4c(F)cccc4F)(C(F)(F)F)C(F)(F)F)cc3)(S(=O)(=O)c3ccc(F)cc3)C2)CC1. The molecular formula is C33H29F9N2O6S. The number of carbonyl (C=O) groups is 2. The molecule has 0 saturated carbocycles. The molecule has 2 aliphatic heterocycles. The minimum absolute atomic E-state index is 0.0342. The molecule has 0 radical (unpaired) electrons. The highest BCUT2D eigenvalue weighted by molar-refractivity contribution is 7.92. The van der Waals surface area contributed by atoms with Crippen molar-refractivity contribution in [3.05, 3.63) is 101 Å². The maximum atomic E-state index is 14.5. The fraction of sp³-hybridized carbons (Fsp3) is 0.394. The predicted octanol–water partition coefficient (Wildman–Crippen LogP) is 6.93. The van der Waals surface area contributed by atoms with Gasteiger partial charge in [0.2, 0.25) is 0 Å². The number of carboxylic acids is 1. The molecular weight excluding hydrogens is 723 g/mol. The number of halogens is 9. The highest BCUT2D eigenvalue weighted by Crippen LogP contribution is 2.54. The summed E-state index contributed by atoms with van der Waals surface area (Å²) in [6, 6.07) is 7.07. The Morgan fingerprint density at radius 1 is 0.804 bits per heavy atom. The van der Waals surface area contributed by atoms with Gasteiger partial charge in [-0.25, -0.2) is 26.4 Å². The molecule has 1 unspecified atom stereocenters. The molecule has 0 bridgehead atoms. The summed E-state index contributed by atoms with van der Waals surface area (Å²) in [5.74, 6) is -5.45. The molecule has 2 fully saturated rings. The molecule has 1 N–H and O–H groups in total. The van der Waals surface area contributed by atoms with Crippen LogP contribution < -0.4 is 0 Å². The van der Waals surface area contributed by atoms with Crippen molar-refractivity contribution >= 4 is 21.8 Å². The molecule has 0 spiro atoms. The first kappa shape index (κ1) is 37.9. The van der Waals surface area contributed by atoms with Crippen molar-refractivity contribution < 1.29 is 67.4 Å². The Kier molecular flexibility index (Phi) is 10.2. The van der Waals surface area contributed by atoms with E-state index in [1.54, 1.807) is 0 Å². The van der Waals surface area contributed by atoms with Gasteiger partial charge >= 0.3 is 24.4 Å². The number of sulfone groups is 1. The molecule has 51 heavy (non-hydrogen) atoms. The fourth-order valence-corrected chi connectivity index (χ4v) is 8.58. The van der Waals surface area contributed by atoms with E-state index in [0.717, 1.165) is 35.2 Å². The number of hydrogen-bond donors (Lipinski definition) is 1. The van der Waals surface area contributed by atoms with Gasteiger partial charge in [-0.05, 0) is 61.2 Å². The van der Waals surface area contributed by atoms with Crippen LogP contribution in [0.3, 0.4) is 0 Å². The third-order valence-electron chi connectivity index (χ3n) is 9.37. The van der Waals surface area contributed by atoms with Gasteiger partial charge in [-0.3, -0.25) is 4.79 Å². The first-order valence-electron chi connectivity index (χ1n) is 15.3. The van der Waals surface area contributed by atoms with Gasteiger partial charge in [0, 0.05) is 37.3 Å². The second-order valence-corrected chi connectivity index (χ2v) is 14.5. The molecule has 1 atom stereocenters. The Morgan fingerprint density at radius 3 is 1.86 bits per heavy atom. The summed E-state index contributed by atoms with van der Waals surface area (Å²) in [7, 11) is -4.66. The fourth-order valence-electron chi connectivity index (χ4n) is 6.51. The molecule has 3 aromatic carbocycles. The van der Waals surface area contributed by atoms with E-state index in [0.29, 0.717) is 36.4 Å². The Balaban J connectivity index is 1.56. The van der Waals surface area contributed by atoms with E-state index in [4.69, 9.17) is 0 Å². The lowest BCUT2D eigenvalue weighted by atomic mass is 9.88. The summed E-state index contributed by atoms with van der Waals surface area (Å²) in [6.07, 6.45) is -12.6. The van der Waals surface area contributed by atoms with Crippen LogP contribution >= 0.6 is 0 Å². The zero-order valence-corrected chi connectivity index (χ0v) is 27.1. The molecule has 0 aliphatic carbocycles. The number of rotatable bonds is 8. The highest BCUT2D eigenvalue weighted by Gasteiger charge is 2.73. The zero-order chi connectivity index (χ0) is 37.6. The second-order valence-electron chi connectivity index (χ2n) is 12.2. The largest absolute Gasteiger partial charge is 0.481 e. The number of piperidine rings is 1. The van der Waals surface area contributed by atoms with Crippen molar-refractivity contribution in [1.82, 2.24) is 9.80 Å². The molecule has 2 saturated heterocycles. The number of urea groups is 1. The number of alkyl halides is 6. The number of hydrogen-bond acceptors (Lipinski definition) is 5. The van der Waals surface area contributed by atoms with Gasteiger partial charge < -0.3 is 19.6 Å². The number of carboxylic acid groups (broad SMARTS) is 1. The predicted molar refractivity (Wildman–Crippen MR) is 160 cm³/mol. The van der Waals surface area contributed by atoms with Crippen molar-refractivity contribution in [3.8, 4) is 0 Å². The summed E-state index contributed by atoms with van der Waals surface area (Å²) >= 11 is 0. The molecule has 2 aliphatic rings. The lowest BCUT2D eigenvalue weighted by Crippen LogP contribution is -2.56. The van der Waals surface area contributed by atoms with Gasteiger partial charge in [-0.2, -0.15) is 26.3 Å². The summed E-state index contributed by atoms with van der Waals surface area (Å²) in [4.78, 5) is 26.9. The average molecular weight is 753 g/mol. The van der Waals surface area contributed by atoms with Crippen LogP contribution in [0.1, 0.15) is 36.0 Å². The van der Waals surface area contributed by atoms with E-state index in [9.17, 15) is 62.6 Å². The number of benzene rings is 3. The van der Waals surface area contributed by atoms with E-state index in [-0.39, 0.29) is 44.5 Å². The van der Waals surface area contributed by atoms with Gasteiger partial charge in [0.15, 0.2) is 9.84 Å². The molecule has 18 heteroatoms. The smallest absolute Gasteiger partial charge is 0.430 e. The van der Waals surface area contributed by atoms with Gasteiger partial charge in [0.25, 0.3) is 5.60 Å². The van der Waals surface area contributed by atoms with Gasteiger partial charge in [-0.15, -0.1) is 0 Å². The topological polar surface area (TPSA) is 104 Å². The molecule has 8 nitrogen and oxygen atoms in total. The number of aliphatic carboxylic acids is 1. The molecule has 5 rings (SSSR count). The maximum Gasteiger partial charge on any atom is 0.430 e. The molecule has 2 amide bonds. The van der Waals surface area contributed by atoms with Crippen molar-refractivity contribution in [2.75, 3.05) is 26.2 Å². The van der Waals surface area contributed by atoms with E-state index >= 15 is 0 Å². The summed E-state index contributed by atoms with van der Waals surface area (Å²) in [5, 5.41) is 9.28. The van der Waals surface area contributed by atoms with Gasteiger partial charge in [-0.1, -0.05) is 30.3 Å². The third kappa shape index (κ3) is 6.74. The van der Waals surface area contributed by atoms with Crippen LogP contribution in [0.2, 0.25) is 0 Å². The highest BCUT2D eigenvalue weighted by atomic mass is 32.2. The molecule has 0 aromatic heterocycles. The van der Waals surface area contributed by atoms with Crippen molar-refractivity contribution in [2.45, 2.75) is 53.5 Å². The minimum Gasteiger partial charge on any atom is -0.481 e. The van der Waals surface area contributed by atoms with Crippen LogP contribution in [0.5, 0.6) is 0 Å². The average Bonchev–Trinajstić information content (AvgIpc) is 3.53.